The van der Waals surface area contributed by atoms with Crippen LogP contribution in [0.2, 0.25) is 5.02 Å². The molecule has 0 atom stereocenters. The molecule has 0 saturated carbocycles. The second-order valence-corrected chi connectivity index (χ2v) is 5.43. The molecule has 1 aromatic rings. The van der Waals surface area contributed by atoms with Crippen LogP contribution in [0.5, 0.6) is 0 Å². The highest BCUT2D eigenvalue weighted by molar-refractivity contribution is 6.33. The highest BCUT2D eigenvalue weighted by Crippen LogP contribution is 2.30. The summed E-state index contributed by atoms with van der Waals surface area (Å²) in [5, 5.41) is 6.77. The zero-order valence-electron chi connectivity index (χ0n) is 13.2. The first-order chi connectivity index (χ1) is 10.1. The van der Waals surface area contributed by atoms with Gasteiger partial charge in [0.2, 0.25) is 5.91 Å². The van der Waals surface area contributed by atoms with E-state index in [1.807, 2.05) is 12.1 Å². The first kappa shape index (κ1) is 17.8. The summed E-state index contributed by atoms with van der Waals surface area (Å²) < 4.78 is 0. The molecule has 0 unspecified atom stereocenters. The van der Waals surface area contributed by atoms with Crippen LogP contribution < -0.4 is 15.5 Å². The topological polar surface area (TPSA) is 44.4 Å². The number of carbonyl (C=O) groups is 1. The van der Waals surface area contributed by atoms with Crippen molar-refractivity contribution in [2.75, 3.05) is 31.6 Å². The third-order valence-corrected chi connectivity index (χ3v) is 3.54. The Balaban J connectivity index is 3.00. The Morgan fingerprint density at radius 3 is 2.67 bits per heavy atom. The molecule has 1 aromatic carbocycles. The van der Waals surface area contributed by atoms with Gasteiger partial charge in [-0.3, -0.25) is 4.79 Å². The Morgan fingerprint density at radius 1 is 1.29 bits per heavy atom. The molecule has 0 spiro atoms. The Bertz CT molecular complexity index is 451. The third-order valence-electron chi connectivity index (χ3n) is 3.24. The molecule has 0 bridgehead atoms. The molecule has 1 rings (SSSR count). The molecule has 0 aliphatic heterocycles. The van der Waals surface area contributed by atoms with Crippen molar-refractivity contribution in [3.63, 3.8) is 0 Å². The van der Waals surface area contributed by atoms with E-state index in [0.717, 1.165) is 43.7 Å². The lowest BCUT2D eigenvalue weighted by Crippen LogP contribution is -2.37. The van der Waals surface area contributed by atoms with Crippen molar-refractivity contribution in [3.8, 4) is 0 Å². The van der Waals surface area contributed by atoms with Gasteiger partial charge >= 0.3 is 0 Å². The highest BCUT2D eigenvalue weighted by atomic mass is 35.5. The van der Waals surface area contributed by atoms with Gasteiger partial charge in [-0.25, -0.2) is 0 Å². The number of benzene rings is 1. The number of hydrogen-bond donors (Lipinski definition) is 2. The SMILES string of the molecule is CCCNCc1cccc(Cl)c1N(CCC)CC(=O)NC. The minimum absolute atomic E-state index is 0.00385. The second kappa shape index (κ2) is 9.64. The summed E-state index contributed by atoms with van der Waals surface area (Å²) in [5.41, 5.74) is 2.10. The molecule has 5 heteroatoms. The van der Waals surface area contributed by atoms with Crippen molar-refractivity contribution in [2.45, 2.75) is 33.2 Å². The fraction of sp³-hybridized carbons (Fsp3) is 0.562. The van der Waals surface area contributed by atoms with Crippen LogP contribution in [-0.2, 0) is 11.3 Å². The van der Waals surface area contributed by atoms with Crippen molar-refractivity contribution in [2.24, 2.45) is 0 Å². The second-order valence-electron chi connectivity index (χ2n) is 5.02. The molecule has 21 heavy (non-hydrogen) atoms. The van der Waals surface area contributed by atoms with Crippen molar-refractivity contribution in [1.29, 1.82) is 0 Å². The van der Waals surface area contributed by atoms with E-state index < -0.39 is 0 Å². The van der Waals surface area contributed by atoms with E-state index in [1.54, 1.807) is 7.05 Å². The van der Waals surface area contributed by atoms with Crippen molar-refractivity contribution in [1.82, 2.24) is 10.6 Å². The Kier molecular flexibility index (Phi) is 8.16. The predicted octanol–water partition coefficient (Wildman–Crippen LogP) is 2.80. The lowest BCUT2D eigenvalue weighted by Gasteiger charge is -2.27. The standard InChI is InChI=1S/C16H26ClN3O/c1-4-9-19-11-13-7-6-8-14(17)16(13)20(10-5-2)12-15(21)18-3/h6-8,19H,4-5,9-12H2,1-3H3,(H,18,21). The Hall–Kier alpha value is -1.26. The maximum Gasteiger partial charge on any atom is 0.239 e. The number of likely N-dealkylation sites (N-methyl/N-ethyl adjacent to an activating group) is 1. The summed E-state index contributed by atoms with van der Waals surface area (Å²) >= 11 is 6.40. The number of amides is 1. The lowest BCUT2D eigenvalue weighted by molar-refractivity contribution is -0.119. The molecule has 118 valence electrons. The molecule has 1 amide bonds. The number of anilines is 1. The van der Waals surface area contributed by atoms with Gasteiger partial charge in [0.15, 0.2) is 0 Å². The summed E-state index contributed by atoms with van der Waals surface area (Å²) in [4.78, 5) is 13.8. The minimum atomic E-state index is -0.00385. The van der Waals surface area contributed by atoms with E-state index in [-0.39, 0.29) is 5.91 Å². The number of hydrogen-bond acceptors (Lipinski definition) is 3. The summed E-state index contributed by atoms with van der Waals surface area (Å²) in [6, 6.07) is 5.90. The number of nitrogens with zero attached hydrogens (tertiary/aromatic N) is 1. The predicted molar refractivity (Wildman–Crippen MR) is 90.0 cm³/mol. The van der Waals surface area contributed by atoms with Gasteiger partial charge in [-0.2, -0.15) is 0 Å². The number of nitrogens with one attached hydrogen (secondary N) is 2. The molecule has 0 radical (unpaired) electrons. The molecule has 0 aliphatic rings. The van der Waals surface area contributed by atoms with Crippen LogP contribution in [0.1, 0.15) is 32.3 Å². The maximum atomic E-state index is 11.7. The van der Waals surface area contributed by atoms with E-state index >= 15 is 0 Å². The molecule has 0 heterocycles. The molecule has 2 N–H and O–H groups in total. The number of para-hydroxylation sites is 1. The molecule has 0 saturated heterocycles. The van der Waals surface area contributed by atoms with Gasteiger partial charge in [-0.15, -0.1) is 0 Å². The zero-order valence-corrected chi connectivity index (χ0v) is 14.0. The molecule has 0 fully saturated rings. The van der Waals surface area contributed by atoms with Crippen molar-refractivity contribution in [3.05, 3.63) is 28.8 Å². The largest absolute Gasteiger partial charge is 0.361 e. The van der Waals surface area contributed by atoms with Gasteiger partial charge in [0.1, 0.15) is 0 Å². The molecular weight excluding hydrogens is 286 g/mol. The fourth-order valence-electron chi connectivity index (χ4n) is 2.25. The van der Waals surface area contributed by atoms with Gasteiger partial charge in [-0.05, 0) is 31.0 Å². The Labute approximate surface area is 132 Å². The van der Waals surface area contributed by atoms with E-state index in [2.05, 4.69) is 35.4 Å². The van der Waals surface area contributed by atoms with E-state index in [4.69, 9.17) is 11.6 Å². The summed E-state index contributed by atoms with van der Waals surface area (Å²) in [5.74, 6) is -0.00385. The van der Waals surface area contributed by atoms with Crippen LogP contribution in [0.3, 0.4) is 0 Å². The van der Waals surface area contributed by atoms with Gasteiger partial charge in [0, 0.05) is 20.1 Å². The maximum absolute atomic E-state index is 11.7. The monoisotopic (exact) mass is 311 g/mol. The van der Waals surface area contributed by atoms with Gasteiger partial charge in [0.05, 0.1) is 17.3 Å². The van der Waals surface area contributed by atoms with Gasteiger partial charge < -0.3 is 15.5 Å². The molecular formula is C16H26ClN3O. The molecule has 0 aliphatic carbocycles. The van der Waals surface area contributed by atoms with Gasteiger partial charge in [0.25, 0.3) is 0 Å². The normalized spacial score (nSPS) is 10.5. The number of halogens is 1. The van der Waals surface area contributed by atoms with Crippen LogP contribution in [0.4, 0.5) is 5.69 Å². The molecule has 0 aromatic heterocycles. The average molecular weight is 312 g/mol. The first-order valence-corrected chi connectivity index (χ1v) is 7.95. The van der Waals surface area contributed by atoms with Crippen molar-refractivity contribution >= 4 is 23.2 Å². The van der Waals surface area contributed by atoms with Crippen LogP contribution in [0.15, 0.2) is 18.2 Å². The average Bonchev–Trinajstić information content (AvgIpc) is 2.47. The van der Waals surface area contributed by atoms with E-state index in [1.165, 1.54) is 0 Å². The minimum Gasteiger partial charge on any atom is -0.361 e. The fourth-order valence-corrected chi connectivity index (χ4v) is 2.56. The van der Waals surface area contributed by atoms with E-state index in [0.29, 0.717) is 11.6 Å². The number of carbonyl (C=O) groups excluding carboxylic acids is 1. The van der Waals surface area contributed by atoms with Crippen LogP contribution in [0, 0.1) is 0 Å². The summed E-state index contributed by atoms with van der Waals surface area (Å²) in [7, 11) is 1.66. The van der Waals surface area contributed by atoms with Gasteiger partial charge in [-0.1, -0.05) is 37.6 Å². The zero-order chi connectivity index (χ0) is 15.7. The van der Waals surface area contributed by atoms with Crippen LogP contribution in [-0.4, -0.2) is 32.6 Å². The van der Waals surface area contributed by atoms with Crippen molar-refractivity contribution < 1.29 is 4.79 Å². The van der Waals surface area contributed by atoms with Crippen LogP contribution >= 0.6 is 11.6 Å². The third kappa shape index (κ3) is 5.56. The highest BCUT2D eigenvalue weighted by Gasteiger charge is 2.16. The van der Waals surface area contributed by atoms with Crippen LogP contribution in [0.25, 0.3) is 0 Å². The quantitative estimate of drug-likeness (QED) is 0.689. The summed E-state index contributed by atoms with van der Waals surface area (Å²) in [6.07, 6.45) is 2.05. The smallest absolute Gasteiger partial charge is 0.239 e. The summed E-state index contributed by atoms with van der Waals surface area (Å²) in [6.45, 7) is 7.10. The number of rotatable bonds is 9. The lowest BCUT2D eigenvalue weighted by atomic mass is 10.1. The van der Waals surface area contributed by atoms with E-state index in [9.17, 15) is 4.79 Å². The Morgan fingerprint density at radius 2 is 2.05 bits per heavy atom. The first-order valence-electron chi connectivity index (χ1n) is 7.57. The molecule has 4 nitrogen and oxygen atoms in total.